The smallest absolute Gasteiger partial charge is 0.404 e. The predicted octanol–water partition coefficient (Wildman–Crippen LogP) is 7.87. The molecule has 3 aromatic rings. The highest BCUT2D eigenvalue weighted by atomic mass is 19.3. The van der Waals surface area contributed by atoms with Crippen LogP contribution in [-0.2, 0) is 4.79 Å². The minimum Gasteiger partial charge on any atom is -0.465 e. The maximum absolute atomic E-state index is 13.9. The van der Waals surface area contributed by atoms with Crippen LogP contribution in [0.1, 0.15) is 82.2 Å². The first-order valence-electron chi connectivity index (χ1n) is 14.1. The molecule has 0 saturated heterocycles. The molecule has 1 aliphatic carbocycles. The van der Waals surface area contributed by atoms with E-state index in [1.165, 1.54) is 0 Å². The number of halogens is 2. The van der Waals surface area contributed by atoms with E-state index in [0.29, 0.717) is 37.1 Å². The highest BCUT2D eigenvalue weighted by Crippen LogP contribution is 2.42. The molecule has 0 atom stereocenters. The van der Waals surface area contributed by atoms with Crippen molar-refractivity contribution in [2.45, 2.75) is 82.6 Å². The van der Waals surface area contributed by atoms with Gasteiger partial charge < -0.3 is 20.3 Å². The molecule has 3 N–H and O–H groups in total. The van der Waals surface area contributed by atoms with Gasteiger partial charge in [-0.05, 0) is 55.5 Å². The zero-order valence-electron chi connectivity index (χ0n) is 22.6. The molecule has 4 rings (SSSR count). The number of carbonyl (C=O) groups excluding carboxylic acids is 1. The Morgan fingerprint density at radius 2 is 1.75 bits per heavy atom. The zero-order valence-corrected chi connectivity index (χ0v) is 22.6. The van der Waals surface area contributed by atoms with Gasteiger partial charge in [-0.3, -0.25) is 4.79 Å². The van der Waals surface area contributed by atoms with Crippen molar-refractivity contribution in [3.05, 3.63) is 54.2 Å². The maximum Gasteiger partial charge on any atom is 0.404 e. The fourth-order valence-corrected chi connectivity index (χ4v) is 5.46. The first kappa shape index (κ1) is 29.1. The fraction of sp³-hybridized carbons (Fsp3) is 0.452. The largest absolute Gasteiger partial charge is 0.465 e. The SMILES string of the molecule is N#Cc1cccc(-c2cn(C3CCC(F)(F)CC3)c3cc(NC(=O)CCCCCCCCNC(=O)O)ccc23)c1. The molecule has 9 heteroatoms. The number of aromatic nitrogens is 1. The third-order valence-corrected chi connectivity index (χ3v) is 7.61. The first-order valence-corrected chi connectivity index (χ1v) is 14.1. The summed E-state index contributed by atoms with van der Waals surface area (Å²) in [4.78, 5) is 23.1. The molecule has 0 spiro atoms. The number of alkyl halides is 2. The Morgan fingerprint density at radius 1 is 1.02 bits per heavy atom. The zero-order chi connectivity index (χ0) is 28.5. The molecule has 7 nitrogen and oxygen atoms in total. The van der Waals surface area contributed by atoms with Gasteiger partial charge in [-0.1, -0.05) is 43.9 Å². The van der Waals surface area contributed by atoms with E-state index < -0.39 is 12.0 Å². The molecule has 2 amide bonds. The third-order valence-electron chi connectivity index (χ3n) is 7.61. The number of unbranched alkanes of at least 4 members (excludes halogenated alkanes) is 5. The number of amides is 2. The molecule has 1 fully saturated rings. The normalized spacial score (nSPS) is 15.0. The van der Waals surface area contributed by atoms with Crippen molar-refractivity contribution >= 4 is 28.6 Å². The van der Waals surface area contributed by atoms with Crippen LogP contribution in [0.15, 0.2) is 48.7 Å². The van der Waals surface area contributed by atoms with Crippen LogP contribution in [0.25, 0.3) is 22.0 Å². The Hall–Kier alpha value is -3.93. The number of carbonyl (C=O) groups is 2. The fourth-order valence-electron chi connectivity index (χ4n) is 5.46. The van der Waals surface area contributed by atoms with E-state index in [4.69, 9.17) is 5.11 Å². The number of rotatable bonds is 12. The minimum absolute atomic E-state index is 0.0673. The molecular formula is C31H36F2N4O3. The summed E-state index contributed by atoms with van der Waals surface area (Å²) in [5, 5.41) is 24.2. The summed E-state index contributed by atoms with van der Waals surface area (Å²) in [7, 11) is 0. The van der Waals surface area contributed by atoms with Crippen LogP contribution >= 0.6 is 0 Å². The molecule has 40 heavy (non-hydrogen) atoms. The molecule has 0 radical (unpaired) electrons. The Bertz CT molecular complexity index is 1370. The van der Waals surface area contributed by atoms with Gasteiger partial charge in [-0.25, -0.2) is 13.6 Å². The van der Waals surface area contributed by atoms with Crippen LogP contribution in [0.4, 0.5) is 19.3 Å². The molecule has 212 valence electrons. The number of nitriles is 1. The molecule has 1 aromatic heterocycles. The lowest BCUT2D eigenvalue weighted by Gasteiger charge is -2.29. The van der Waals surface area contributed by atoms with Crippen LogP contribution in [0, 0.1) is 11.3 Å². The molecule has 2 aromatic carbocycles. The van der Waals surface area contributed by atoms with Gasteiger partial charge in [-0.15, -0.1) is 0 Å². The number of hydrogen-bond acceptors (Lipinski definition) is 3. The standard InChI is InChI=1S/C31H36F2N4O3/c32-31(33)15-13-25(14-16-31)37-21-27(23-9-7-8-22(18-23)20-34)26-12-11-24(19-28(26)37)36-29(38)10-5-3-1-2-4-6-17-35-30(39)40/h7-9,11-12,18-19,21,25,35H,1-6,10,13-17H2,(H,36,38)(H,39,40). The van der Waals surface area contributed by atoms with Crippen LogP contribution in [0.5, 0.6) is 0 Å². The number of hydrogen-bond donors (Lipinski definition) is 3. The van der Waals surface area contributed by atoms with Gasteiger partial charge in [0.05, 0.1) is 17.1 Å². The molecule has 0 unspecified atom stereocenters. The molecule has 0 aliphatic heterocycles. The highest BCUT2D eigenvalue weighted by Gasteiger charge is 2.36. The summed E-state index contributed by atoms with van der Waals surface area (Å²) >= 11 is 0. The van der Waals surface area contributed by atoms with Gasteiger partial charge in [0.25, 0.3) is 0 Å². The Morgan fingerprint density at radius 3 is 2.48 bits per heavy atom. The lowest BCUT2D eigenvalue weighted by Crippen LogP contribution is -2.26. The average molecular weight is 551 g/mol. The van der Waals surface area contributed by atoms with Gasteiger partial charge in [0, 0.05) is 54.7 Å². The number of fused-ring (bicyclic) bond motifs is 1. The first-order chi connectivity index (χ1) is 19.3. The van der Waals surface area contributed by atoms with Gasteiger partial charge in [-0.2, -0.15) is 5.26 Å². The molecular weight excluding hydrogens is 514 g/mol. The Kier molecular flexibility index (Phi) is 9.75. The average Bonchev–Trinajstić information content (AvgIpc) is 3.31. The highest BCUT2D eigenvalue weighted by molar-refractivity contribution is 6.00. The van der Waals surface area contributed by atoms with Gasteiger partial charge in [0.15, 0.2) is 0 Å². The van der Waals surface area contributed by atoms with Gasteiger partial charge in [0.2, 0.25) is 11.8 Å². The van der Waals surface area contributed by atoms with Crippen molar-refractivity contribution in [2.75, 3.05) is 11.9 Å². The van der Waals surface area contributed by atoms with Crippen molar-refractivity contribution in [3.8, 4) is 17.2 Å². The second kappa shape index (κ2) is 13.4. The monoisotopic (exact) mass is 550 g/mol. The van der Waals surface area contributed by atoms with Crippen molar-refractivity contribution in [1.82, 2.24) is 9.88 Å². The van der Waals surface area contributed by atoms with E-state index in [2.05, 4.69) is 21.3 Å². The van der Waals surface area contributed by atoms with Crippen LogP contribution in [0.2, 0.25) is 0 Å². The summed E-state index contributed by atoms with van der Waals surface area (Å²) in [6.07, 6.45) is 7.33. The lowest BCUT2D eigenvalue weighted by molar-refractivity contribution is -0.116. The van der Waals surface area contributed by atoms with Crippen molar-refractivity contribution in [2.24, 2.45) is 0 Å². The van der Waals surface area contributed by atoms with E-state index in [-0.39, 0.29) is 24.8 Å². The second-order valence-corrected chi connectivity index (χ2v) is 10.6. The summed E-state index contributed by atoms with van der Waals surface area (Å²) in [6, 6.07) is 15.2. The lowest BCUT2D eigenvalue weighted by atomic mass is 9.92. The van der Waals surface area contributed by atoms with Gasteiger partial charge in [0.1, 0.15) is 0 Å². The van der Waals surface area contributed by atoms with E-state index in [1.54, 1.807) is 6.07 Å². The predicted molar refractivity (Wildman–Crippen MR) is 152 cm³/mol. The van der Waals surface area contributed by atoms with E-state index in [9.17, 15) is 23.6 Å². The van der Waals surface area contributed by atoms with Gasteiger partial charge >= 0.3 is 6.09 Å². The van der Waals surface area contributed by atoms with E-state index in [0.717, 1.165) is 60.6 Å². The second-order valence-electron chi connectivity index (χ2n) is 10.6. The molecule has 0 bridgehead atoms. The number of anilines is 1. The Labute approximate surface area is 233 Å². The molecule has 1 aliphatic rings. The summed E-state index contributed by atoms with van der Waals surface area (Å²) in [5.74, 6) is -2.69. The van der Waals surface area contributed by atoms with Crippen molar-refractivity contribution in [1.29, 1.82) is 5.26 Å². The van der Waals surface area contributed by atoms with Crippen molar-refractivity contribution in [3.63, 3.8) is 0 Å². The number of nitrogens with one attached hydrogen (secondary N) is 2. The summed E-state index contributed by atoms with van der Waals surface area (Å²) in [6.45, 7) is 0.465. The summed E-state index contributed by atoms with van der Waals surface area (Å²) in [5.41, 5.74) is 3.92. The maximum atomic E-state index is 13.9. The minimum atomic E-state index is -2.62. The number of benzene rings is 2. The number of carboxylic acid groups (broad SMARTS) is 1. The Balaban J connectivity index is 1.42. The molecule has 1 saturated carbocycles. The topological polar surface area (TPSA) is 107 Å². The van der Waals surface area contributed by atoms with E-state index >= 15 is 0 Å². The number of nitrogens with zero attached hydrogens (tertiary/aromatic N) is 2. The summed E-state index contributed by atoms with van der Waals surface area (Å²) < 4.78 is 29.9. The molecule has 1 heterocycles. The van der Waals surface area contributed by atoms with Crippen LogP contribution < -0.4 is 10.6 Å². The van der Waals surface area contributed by atoms with Crippen LogP contribution in [0.3, 0.4) is 0 Å². The van der Waals surface area contributed by atoms with Crippen molar-refractivity contribution < 1.29 is 23.5 Å². The van der Waals surface area contributed by atoms with E-state index in [1.807, 2.05) is 42.6 Å². The quantitative estimate of drug-likeness (QED) is 0.199. The third kappa shape index (κ3) is 7.81. The van der Waals surface area contributed by atoms with Crippen LogP contribution in [-0.4, -0.2) is 34.1 Å².